The third-order valence-electron chi connectivity index (χ3n) is 9.54. The van der Waals surface area contributed by atoms with E-state index < -0.39 is 16.6 Å². The molecule has 0 bridgehead atoms. The predicted octanol–water partition coefficient (Wildman–Crippen LogP) is 4.10. The van der Waals surface area contributed by atoms with Crippen molar-refractivity contribution in [3.63, 3.8) is 0 Å². The number of hydrogen-bond donors (Lipinski definition) is 3. The van der Waals surface area contributed by atoms with Gasteiger partial charge in [0.1, 0.15) is 5.75 Å². The highest BCUT2D eigenvalue weighted by Gasteiger charge is 2.71. The van der Waals surface area contributed by atoms with Crippen LogP contribution in [0.15, 0.2) is 48.1 Å². The monoisotopic (exact) mass is 410 g/mol. The summed E-state index contributed by atoms with van der Waals surface area (Å²) in [7, 11) is 1.64. The van der Waals surface area contributed by atoms with Gasteiger partial charge in [-0.3, -0.25) is 0 Å². The summed E-state index contributed by atoms with van der Waals surface area (Å²) in [6.07, 6.45) is 10.6. The topological polar surface area (TPSA) is 69.9 Å². The van der Waals surface area contributed by atoms with Gasteiger partial charge in [-0.2, -0.15) is 0 Å². The maximum atomic E-state index is 12.2. The van der Waals surface area contributed by atoms with E-state index in [-0.39, 0.29) is 17.4 Å². The highest BCUT2D eigenvalue weighted by atomic mass is 16.5. The zero-order valence-electron chi connectivity index (χ0n) is 18.3. The molecule has 0 amide bonds. The van der Waals surface area contributed by atoms with Crippen molar-refractivity contribution in [3.05, 3.63) is 53.6 Å². The molecule has 162 valence electrons. The van der Waals surface area contributed by atoms with Gasteiger partial charge in [-0.05, 0) is 73.1 Å². The number of ether oxygens (including phenoxy) is 1. The molecule has 2 saturated carbocycles. The van der Waals surface area contributed by atoms with Gasteiger partial charge in [-0.15, -0.1) is 0 Å². The molecule has 2 unspecified atom stereocenters. The largest absolute Gasteiger partial charge is 0.497 e. The maximum absolute atomic E-state index is 12.2. The Morgan fingerprint density at radius 1 is 0.967 bits per heavy atom. The van der Waals surface area contributed by atoms with E-state index in [1.165, 1.54) is 5.57 Å². The SMILES string of the molecule is COc1ccc(C2(O)CC[C@@]3(O)[C@@H]4C=CC5=CC(O)CC[C@]5(C)[C@@H]4CC[C@]23C)cc1. The molecule has 4 aliphatic rings. The number of methoxy groups -OCH3 is 1. The van der Waals surface area contributed by atoms with Crippen LogP contribution in [0.5, 0.6) is 5.75 Å². The first-order chi connectivity index (χ1) is 14.2. The summed E-state index contributed by atoms with van der Waals surface area (Å²) in [5.41, 5.74) is -0.564. The van der Waals surface area contributed by atoms with Crippen LogP contribution in [-0.2, 0) is 5.60 Å². The van der Waals surface area contributed by atoms with Gasteiger partial charge in [0.05, 0.1) is 24.4 Å². The van der Waals surface area contributed by atoms with Crippen molar-refractivity contribution in [1.29, 1.82) is 0 Å². The van der Waals surface area contributed by atoms with Crippen molar-refractivity contribution in [2.45, 2.75) is 69.7 Å². The Bertz CT molecular complexity index is 904. The third kappa shape index (κ3) is 2.39. The van der Waals surface area contributed by atoms with Gasteiger partial charge in [0, 0.05) is 11.3 Å². The van der Waals surface area contributed by atoms with Gasteiger partial charge in [-0.1, -0.05) is 44.2 Å². The number of fused-ring (bicyclic) bond motifs is 5. The molecule has 0 radical (unpaired) electrons. The molecule has 4 aliphatic carbocycles. The molecule has 0 aliphatic heterocycles. The van der Waals surface area contributed by atoms with Crippen molar-refractivity contribution in [3.8, 4) is 5.75 Å². The maximum Gasteiger partial charge on any atom is 0.118 e. The Hall–Kier alpha value is -1.62. The van der Waals surface area contributed by atoms with Crippen LogP contribution in [0.25, 0.3) is 0 Å². The van der Waals surface area contributed by atoms with E-state index in [0.29, 0.717) is 18.8 Å². The Morgan fingerprint density at radius 3 is 2.40 bits per heavy atom. The lowest BCUT2D eigenvalue weighted by Crippen LogP contribution is -2.62. The third-order valence-corrected chi connectivity index (χ3v) is 9.54. The van der Waals surface area contributed by atoms with Crippen molar-refractivity contribution in [1.82, 2.24) is 0 Å². The zero-order valence-corrected chi connectivity index (χ0v) is 18.3. The first kappa shape index (κ1) is 20.3. The highest BCUT2D eigenvalue weighted by molar-refractivity contribution is 5.41. The number of benzene rings is 1. The number of rotatable bonds is 2. The molecular weight excluding hydrogens is 376 g/mol. The molecule has 1 aromatic rings. The Kier molecular flexibility index (Phi) is 4.36. The highest BCUT2D eigenvalue weighted by Crippen LogP contribution is 2.70. The van der Waals surface area contributed by atoms with E-state index in [2.05, 4.69) is 26.0 Å². The number of allylic oxidation sites excluding steroid dienone is 2. The van der Waals surface area contributed by atoms with Crippen LogP contribution in [0.2, 0.25) is 0 Å². The average Bonchev–Trinajstić information content (AvgIpc) is 2.96. The number of aliphatic hydroxyl groups is 3. The van der Waals surface area contributed by atoms with E-state index in [1.807, 2.05) is 30.3 Å². The van der Waals surface area contributed by atoms with Gasteiger partial charge in [-0.25, -0.2) is 0 Å². The molecule has 0 aromatic heterocycles. The molecule has 5 rings (SSSR count). The fourth-order valence-corrected chi connectivity index (χ4v) is 7.46. The summed E-state index contributed by atoms with van der Waals surface area (Å²) in [4.78, 5) is 0. The summed E-state index contributed by atoms with van der Waals surface area (Å²) in [5, 5.41) is 34.3. The first-order valence-corrected chi connectivity index (χ1v) is 11.4. The second-order valence-electron chi connectivity index (χ2n) is 10.5. The summed E-state index contributed by atoms with van der Waals surface area (Å²) < 4.78 is 5.29. The van der Waals surface area contributed by atoms with E-state index in [0.717, 1.165) is 37.0 Å². The second-order valence-corrected chi connectivity index (χ2v) is 10.5. The van der Waals surface area contributed by atoms with Crippen molar-refractivity contribution in [2.24, 2.45) is 22.7 Å². The fourth-order valence-electron chi connectivity index (χ4n) is 7.46. The normalized spacial score (nSPS) is 47.1. The van der Waals surface area contributed by atoms with Crippen molar-refractivity contribution >= 4 is 0 Å². The molecule has 0 heterocycles. The molecule has 0 saturated heterocycles. The minimum atomic E-state index is -1.06. The van der Waals surface area contributed by atoms with E-state index in [4.69, 9.17) is 4.74 Å². The lowest BCUT2D eigenvalue weighted by Gasteiger charge is -2.61. The zero-order chi connectivity index (χ0) is 21.4. The summed E-state index contributed by atoms with van der Waals surface area (Å²) >= 11 is 0. The van der Waals surface area contributed by atoms with Crippen molar-refractivity contribution < 1.29 is 20.1 Å². The molecule has 30 heavy (non-hydrogen) atoms. The van der Waals surface area contributed by atoms with E-state index >= 15 is 0 Å². The minimum absolute atomic E-state index is 0.0147. The van der Waals surface area contributed by atoms with Crippen LogP contribution in [0.3, 0.4) is 0 Å². The Labute approximate surface area is 179 Å². The molecule has 7 atom stereocenters. The molecule has 3 N–H and O–H groups in total. The van der Waals surface area contributed by atoms with Crippen LogP contribution in [0, 0.1) is 22.7 Å². The van der Waals surface area contributed by atoms with Gasteiger partial charge >= 0.3 is 0 Å². The molecule has 1 aromatic carbocycles. The van der Waals surface area contributed by atoms with Crippen LogP contribution in [0.4, 0.5) is 0 Å². The van der Waals surface area contributed by atoms with Gasteiger partial charge in [0.25, 0.3) is 0 Å². The lowest BCUT2D eigenvalue weighted by atomic mass is 9.46. The van der Waals surface area contributed by atoms with Crippen LogP contribution in [-0.4, -0.2) is 34.1 Å². The molecular formula is C26H34O4. The first-order valence-electron chi connectivity index (χ1n) is 11.4. The van der Waals surface area contributed by atoms with E-state index in [1.54, 1.807) is 7.11 Å². The molecule has 0 spiro atoms. The molecule has 2 fully saturated rings. The van der Waals surface area contributed by atoms with Gasteiger partial charge < -0.3 is 20.1 Å². The predicted molar refractivity (Wildman–Crippen MR) is 116 cm³/mol. The van der Waals surface area contributed by atoms with Crippen molar-refractivity contribution in [2.75, 3.05) is 7.11 Å². The average molecular weight is 411 g/mol. The summed E-state index contributed by atoms with van der Waals surface area (Å²) in [5.74, 6) is 1.12. The van der Waals surface area contributed by atoms with Crippen LogP contribution in [0.1, 0.15) is 57.9 Å². The fraction of sp³-hybridized carbons (Fsp3) is 0.615. The summed E-state index contributed by atoms with van der Waals surface area (Å²) in [6, 6.07) is 7.68. The lowest BCUT2D eigenvalue weighted by molar-refractivity contribution is -0.206. The molecule has 4 nitrogen and oxygen atoms in total. The minimum Gasteiger partial charge on any atom is -0.497 e. The Morgan fingerprint density at radius 2 is 1.70 bits per heavy atom. The Balaban J connectivity index is 1.56. The van der Waals surface area contributed by atoms with E-state index in [9.17, 15) is 15.3 Å². The van der Waals surface area contributed by atoms with Crippen LogP contribution < -0.4 is 4.74 Å². The summed E-state index contributed by atoms with van der Waals surface area (Å²) in [6.45, 7) is 4.40. The molecule has 4 heteroatoms. The van der Waals surface area contributed by atoms with Crippen LogP contribution >= 0.6 is 0 Å². The number of aliphatic hydroxyl groups excluding tert-OH is 1. The van der Waals surface area contributed by atoms with Gasteiger partial charge in [0.2, 0.25) is 0 Å². The second kappa shape index (κ2) is 6.44. The number of hydrogen-bond acceptors (Lipinski definition) is 4. The van der Waals surface area contributed by atoms with Gasteiger partial charge in [0.15, 0.2) is 0 Å². The quantitative estimate of drug-likeness (QED) is 0.687. The smallest absolute Gasteiger partial charge is 0.118 e. The standard InChI is InChI=1S/C26H34O4/c1-23-12-10-19(27)16-18(23)6-9-22-21(23)11-13-24(2)25(28,14-15-26(22,24)29)17-4-7-20(30-3)8-5-17/h4-9,16,19,21-22,27-29H,10-15H2,1-3H3/t19?,21-,22-,23+,24-,25?,26-/m1/s1.